The third-order valence-corrected chi connectivity index (χ3v) is 7.60. The number of nitrogens with zero attached hydrogens (tertiary/aromatic N) is 2. The number of carbonyl (C=O) groups is 1. The summed E-state index contributed by atoms with van der Waals surface area (Å²) in [6, 6.07) is 13.6. The minimum absolute atomic E-state index is 0.0440. The topological polar surface area (TPSA) is 54.0 Å². The quantitative estimate of drug-likeness (QED) is 0.599. The van der Waals surface area contributed by atoms with E-state index in [2.05, 4.69) is 17.1 Å². The van der Waals surface area contributed by atoms with Gasteiger partial charge in [-0.2, -0.15) is 13.2 Å². The lowest BCUT2D eigenvalue weighted by molar-refractivity contribution is -0.138. The van der Waals surface area contributed by atoms with Crippen molar-refractivity contribution in [3.63, 3.8) is 0 Å². The van der Waals surface area contributed by atoms with E-state index in [1.165, 1.54) is 12.1 Å². The number of halogens is 3. The van der Waals surface area contributed by atoms with E-state index in [1.807, 2.05) is 30.3 Å². The second kappa shape index (κ2) is 10.3. The van der Waals surface area contributed by atoms with Crippen molar-refractivity contribution in [3.8, 4) is 0 Å². The van der Waals surface area contributed by atoms with Gasteiger partial charge in [-0.3, -0.25) is 0 Å². The maximum absolute atomic E-state index is 13.5. The summed E-state index contributed by atoms with van der Waals surface area (Å²) >= 11 is 0. The fourth-order valence-corrected chi connectivity index (χ4v) is 5.55. The molecule has 0 aliphatic carbocycles. The molecule has 2 aromatic carbocycles. The third kappa shape index (κ3) is 5.18. The van der Waals surface area contributed by atoms with Gasteiger partial charge in [0.2, 0.25) is 0 Å². The molecule has 6 nitrogen and oxygen atoms in total. The molecule has 0 spiro atoms. The number of nitrogens with one attached hydrogen (secondary N) is 1. The third-order valence-electron chi connectivity index (χ3n) is 7.60. The Bertz CT molecular complexity index is 1060. The highest BCUT2D eigenvalue weighted by atomic mass is 19.4. The summed E-state index contributed by atoms with van der Waals surface area (Å²) in [6.07, 6.45) is -4.29. The van der Waals surface area contributed by atoms with Gasteiger partial charge in [0.15, 0.2) is 0 Å². The number of ether oxygens (including phenoxy) is 2. The highest BCUT2D eigenvalue weighted by Crippen LogP contribution is 2.51. The molecule has 0 unspecified atom stereocenters. The Morgan fingerprint density at radius 2 is 1.83 bits per heavy atom. The predicted octanol–water partition coefficient (Wildman–Crippen LogP) is 5.48. The second-order valence-electron chi connectivity index (χ2n) is 9.75. The van der Waals surface area contributed by atoms with E-state index in [9.17, 15) is 18.0 Å². The van der Waals surface area contributed by atoms with Crippen LogP contribution in [0.4, 0.5) is 23.7 Å². The van der Waals surface area contributed by atoms with Crippen LogP contribution in [0, 0.1) is 5.92 Å². The maximum Gasteiger partial charge on any atom is 0.416 e. The lowest BCUT2D eigenvalue weighted by atomic mass is 9.76. The van der Waals surface area contributed by atoms with E-state index < -0.39 is 17.8 Å². The Balaban J connectivity index is 1.32. The SMILES string of the molecule is CCN1CCN(C(=O)OC[C@H]2CC[C@@H]3[C@H](O2)c2cc(C(F)(F)F)ccc2N[C@H]3c2ccccc2)CC1. The highest BCUT2D eigenvalue weighted by Gasteiger charge is 2.44. The van der Waals surface area contributed by atoms with Crippen LogP contribution in [-0.4, -0.2) is 61.3 Å². The van der Waals surface area contributed by atoms with Crippen molar-refractivity contribution >= 4 is 11.8 Å². The first-order valence-electron chi connectivity index (χ1n) is 12.7. The number of rotatable bonds is 4. The molecule has 9 heteroatoms. The van der Waals surface area contributed by atoms with Crippen molar-refractivity contribution in [1.82, 2.24) is 9.80 Å². The summed E-state index contributed by atoms with van der Waals surface area (Å²) in [5.41, 5.74) is 1.53. The molecule has 36 heavy (non-hydrogen) atoms. The largest absolute Gasteiger partial charge is 0.447 e. The molecule has 0 bridgehead atoms. The normalized spacial score (nSPS) is 26.5. The van der Waals surface area contributed by atoms with E-state index >= 15 is 0 Å². The van der Waals surface area contributed by atoms with Crippen LogP contribution in [0.3, 0.4) is 0 Å². The Morgan fingerprint density at radius 1 is 1.08 bits per heavy atom. The van der Waals surface area contributed by atoms with Crippen molar-refractivity contribution in [2.45, 2.75) is 44.2 Å². The van der Waals surface area contributed by atoms with Crippen LogP contribution in [-0.2, 0) is 15.7 Å². The maximum atomic E-state index is 13.5. The number of hydrogen-bond acceptors (Lipinski definition) is 5. The first kappa shape index (κ1) is 24.9. The molecule has 2 fully saturated rings. The van der Waals surface area contributed by atoms with E-state index in [4.69, 9.17) is 9.47 Å². The van der Waals surface area contributed by atoms with Crippen LogP contribution in [0.2, 0.25) is 0 Å². The van der Waals surface area contributed by atoms with Crippen molar-refractivity contribution in [3.05, 3.63) is 65.2 Å². The molecule has 5 rings (SSSR count). The van der Waals surface area contributed by atoms with Gasteiger partial charge in [0, 0.05) is 43.3 Å². The van der Waals surface area contributed by atoms with Crippen LogP contribution in [0.15, 0.2) is 48.5 Å². The van der Waals surface area contributed by atoms with E-state index in [-0.39, 0.29) is 30.8 Å². The molecule has 3 aliphatic rings. The number of anilines is 1. The van der Waals surface area contributed by atoms with Gasteiger partial charge in [0.05, 0.1) is 23.8 Å². The molecule has 194 valence electrons. The fourth-order valence-electron chi connectivity index (χ4n) is 5.55. The average Bonchev–Trinajstić information content (AvgIpc) is 2.91. The molecular weight excluding hydrogens is 471 g/mol. The Morgan fingerprint density at radius 3 is 2.53 bits per heavy atom. The Hall–Kier alpha value is -2.78. The zero-order valence-electron chi connectivity index (χ0n) is 20.3. The van der Waals surface area contributed by atoms with Gasteiger partial charge < -0.3 is 24.6 Å². The van der Waals surface area contributed by atoms with E-state index in [0.29, 0.717) is 30.8 Å². The first-order valence-corrected chi connectivity index (χ1v) is 12.7. The first-order chi connectivity index (χ1) is 17.3. The summed E-state index contributed by atoms with van der Waals surface area (Å²) in [6.45, 7) is 6.04. The van der Waals surface area contributed by atoms with Gasteiger partial charge in [-0.1, -0.05) is 37.3 Å². The molecule has 2 aromatic rings. The monoisotopic (exact) mass is 503 g/mol. The minimum atomic E-state index is -4.44. The van der Waals surface area contributed by atoms with Crippen LogP contribution in [0.1, 0.15) is 48.6 Å². The van der Waals surface area contributed by atoms with Gasteiger partial charge in [-0.15, -0.1) is 0 Å². The number of piperazine rings is 1. The number of amides is 1. The smallest absolute Gasteiger partial charge is 0.416 e. The number of likely N-dealkylation sites (N-methyl/N-ethyl adjacent to an activating group) is 1. The molecule has 2 saturated heterocycles. The molecule has 0 aromatic heterocycles. The summed E-state index contributed by atoms with van der Waals surface area (Å²) in [4.78, 5) is 16.6. The number of alkyl halides is 3. The summed E-state index contributed by atoms with van der Waals surface area (Å²) < 4.78 is 52.5. The van der Waals surface area contributed by atoms with Gasteiger partial charge in [0.1, 0.15) is 6.61 Å². The predicted molar refractivity (Wildman–Crippen MR) is 130 cm³/mol. The minimum Gasteiger partial charge on any atom is -0.447 e. The fraction of sp³-hybridized carbons (Fsp3) is 0.519. The second-order valence-corrected chi connectivity index (χ2v) is 9.75. The molecule has 3 aliphatic heterocycles. The van der Waals surface area contributed by atoms with Crippen molar-refractivity contribution in [2.75, 3.05) is 44.6 Å². The summed E-state index contributed by atoms with van der Waals surface area (Å²) in [5.74, 6) is -0.0440. The van der Waals surface area contributed by atoms with Crippen molar-refractivity contribution < 1.29 is 27.4 Å². The molecular formula is C27H32F3N3O3. The Labute approximate surface area is 209 Å². The molecule has 0 saturated carbocycles. The van der Waals surface area contributed by atoms with Gasteiger partial charge >= 0.3 is 12.3 Å². The molecule has 3 heterocycles. The summed E-state index contributed by atoms with van der Waals surface area (Å²) in [7, 11) is 0. The number of carbonyl (C=O) groups excluding carboxylic acids is 1. The van der Waals surface area contributed by atoms with Crippen molar-refractivity contribution in [2.24, 2.45) is 5.92 Å². The van der Waals surface area contributed by atoms with Gasteiger partial charge in [-0.05, 0) is 43.1 Å². The standard InChI is InChI=1S/C27H32F3N3O3/c1-2-32-12-14-33(15-13-32)26(34)35-17-20-9-10-21-24(18-6-4-3-5-7-18)31-23-11-8-19(27(28,29)30)16-22(23)25(21)36-20/h3-8,11,16,20-21,24-25,31H,2,9-10,12-15,17H2,1H3/t20-,21+,24+,25+/m1/s1. The number of hydrogen-bond donors (Lipinski definition) is 1. The van der Waals surface area contributed by atoms with Gasteiger partial charge in [0.25, 0.3) is 0 Å². The molecule has 4 atom stereocenters. The number of benzene rings is 2. The Kier molecular flexibility index (Phi) is 7.12. The molecule has 0 radical (unpaired) electrons. The van der Waals surface area contributed by atoms with E-state index in [1.54, 1.807) is 4.90 Å². The van der Waals surface area contributed by atoms with Gasteiger partial charge in [-0.25, -0.2) is 4.79 Å². The lowest BCUT2D eigenvalue weighted by Gasteiger charge is -2.45. The van der Waals surface area contributed by atoms with Crippen LogP contribution >= 0.6 is 0 Å². The highest BCUT2D eigenvalue weighted by molar-refractivity contribution is 5.67. The van der Waals surface area contributed by atoms with Crippen LogP contribution in [0.5, 0.6) is 0 Å². The number of fused-ring (bicyclic) bond motifs is 3. The molecule has 1 N–H and O–H groups in total. The molecule has 1 amide bonds. The zero-order valence-corrected chi connectivity index (χ0v) is 20.3. The average molecular weight is 504 g/mol. The summed E-state index contributed by atoms with van der Waals surface area (Å²) in [5, 5.41) is 3.46. The zero-order chi connectivity index (χ0) is 25.3. The van der Waals surface area contributed by atoms with Crippen molar-refractivity contribution in [1.29, 1.82) is 0 Å². The van der Waals surface area contributed by atoms with E-state index in [0.717, 1.165) is 37.7 Å². The lowest BCUT2D eigenvalue weighted by Crippen LogP contribution is -2.49. The van der Waals surface area contributed by atoms with Crippen LogP contribution in [0.25, 0.3) is 0 Å². The van der Waals surface area contributed by atoms with Crippen LogP contribution < -0.4 is 5.32 Å².